The highest BCUT2D eigenvalue weighted by Gasteiger charge is 2.27. The first-order chi connectivity index (χ1) is 10.2. The molecule has 0 aliphatic carbocycles. The highest BCUT2D eigenvalue weighted by molar-refractivity contribution is 5.97. The zero-order valence-electron chi connectivity index (χ0n) is 12.4. The van der Waals surface area contributed by atoms with Crippen molar-refractivity contribution < 1.29 is 4.79 Å². The van der Waals surface area contributed by atoms with Crippen LogP contribution in [0.3, 0.4) is 0 Å². The van der Waals surface area contributed by atoms with Crippen LogP contribution in [-0.2, 0) is 0 Å². The SMILES string of the molecule is CC1(CNC(=O)c2ccc3ncccc3c2)CCCNC1. The smallest absolute Gasteiger partial charge is 0.251 e. The van der Waals surface area contributed by atoms with Crippen molar-refractivity contribution in [2.45, 2.75) is 19.8 Å². The van der Waals surface area contributed by atoms with Gasteiger partial charge >= 0.3 is 0 Å². The molecule has 1 saturated heterocycles. The minimum Gasteiger partial charge on any atom is -0.351 e. The van der Waals surface area contributed by atoms with Crippen LogP contribution in [0.1, 0.15) is 30.1 Å². The van der Waals surface area contributed by atoms with E-state index < -0.39 is 0 Å². The topological polar surface area (TPSA) is 54.0 Å². The molecule has 1 amide bonds. The Morgan fingerprint density at radius 2 is 2.33 bits per heavy atom. The van der Waals surface area contributed by atoms with Gasteiger partial charge in [-0.15, -0.1) is 0 Å². The second kappa shape index (κ2) is 5.82. The van der Waals surface area contributed by atoms with E-state index in [1.807, 2.05) is 30.3 Å². The van der Waals surface area contributed by atoms with Crippen molar-refractivity contribution in [3.05, 3.63) is 42.1 Å². The van der Waals surface area contributed by atoms with Gasteiger partial charge in [0.25, 0.3) is 5.91 Å². The Bertz CT molecular complexity index is 647. The van der Waals surface area contributed by atoms with E-state index in [9.17, 15) is 4.79 Å². The fourth-order valence-electron chi connectivity index (χ4n) is 2.88. The molecule has 0 bridgehead atoms. The van der Waals surface area contributed by atoms with Crippen molar-refractivity contribution in [1.82, 2.24) is 15.6 Å². The molecule has 0 radical (unpaired) electrons. The molecule has 4 heteroatoms. The minimum absolute atomic E-state index is 0.00690. The number of hydrogen-bond acceptors (Lipinski definition) is 3. The lowest BCUT2D eigenvalue weighted by atomic mass is 9.83. The lowest BCUT2D eigenvalue weighted by Crippen LogP contribution is -2.45. The lowest BCUT2D eigenvalue weighted by Gasteiger charge is -2.34. The van der Waals surface area contributed by atoms with Crippen LogP contribution in [0, 0.1) is 5.41 Å². The normalized spacial score (nSPS) is 22.1. The zero-order valence-corrected chi connectivity index (χ0v) is 12.4. The fraction of sp³-hybridized carbons (Fsp3) is 0.412. The van der Waals surface area contributed by atoms with Gasteiger partial charge in [-0.2, -0.15) is 0 Å². The van der Waals surface area contributed by atoms with E-state index in [4.69, 9.17) is 0 Å². The summed E-state index contributed by atoms with van der Waals surface area (Å²) in [5.41, 5.74) is 1.77. The molecule has 21 heavy (non-hydrogen) atoms. The van der Waals surface area contributed by atoms with Crippen molar-refractivity contribution in [2.24, 2.45) is 5.41 Å². The molecule has 1 atom stereocenters. The summed E-state index contributed by atoms with van der Waals surface area (Å²) in [6.45, 7) is 4.99. The standard InChI is InChI=1S/C17H21N3O/c1-17(7-3-8-18-11-17)12-20-16(21)14-5-6-15-13(10-14)4-2-9-19-15/h2,4-6,9-10,18H,3,7-8,11-12H2,1H3,(H,20,21). The van der Waals surface area contributed by atoms with Gasteiger partial charge in [0, 0.05) is 30.2 Å². The van der Waals surface area contributed by atoms with Gasteiger partial charge in [-0.05, 0) is 49.1 Å². The van der Waals surface area contributed by atoms with Crippen molar-refractivity contribution in [3.8, 4) is 0 Å². The van der Waals surface area contributed by atoms with Crippen LogP contribution in [0.2, 0.25) is 0 Å². The Morgan fingerprint density at radius 1 is 1.43 bits per heavy atom. The molecule has 3 rings (SSSR count). The number of rotatable bonds is 3. The van der Waals surface area contributed by atoms with Crippen molar-refractivity contribution in [2.75, 3.05) is 19.6 Å². The summed E-state index contributed by atoms with van der Waals surface area (Å²) in [6, 6.07) is 9.50. The van der Waals surface area contributed by atoms with Gasteiger partial charge in [0.05, 0.1) is 5.52 Å². The Balaban J connectivity index is 1.69. The molecule has 1 unspecified atom stereocenters. The number of carbonyl (C=O) groups excluding carboxylic acids is 1. The number of piperidine rings is 1. The van der Waals surface area contributed by atoms with E-state index in [1.165, 1.54) is 6.42 Å². The summed E-state index contributed by atoms with van der Waals surface area (Å²) in [7, 11) is 0. The Kier molecular flexibility index (Phi) is 3.88. The van der Waals surface area contributed by atoms with E-state index >= 15 is 0 Å². The van der Waals surface area contributed by atoms with E-state index in [2.05, 4.69) is 22.5 Å². The van der Waals surface area contributed by atoms with Gasteiger partial charge in [0.1, 0.15) is 0 Å². The van der Waals surface area contributed by atoms with Gasteiger partial charge in [0.15, 0.2) is 0 Å². The third-order valence-electron chi connectivity index (χ3n) is 4.23. The number of nitrogens with one attached hydrogen (secondary N) is 2. The van der Waals surface area contributed by atoms with Crippen LogP contribution in [0.15, 0.2) is 36.5 Å². The van der Waals surface area contributed by atoms with Crippen molar-refractivity contribution >= 4 is 16.8 Å². The van der Waals surface area contributed by atoms with Crippen LogP contribution in [0.5, 0.6) is 0 Å². The zero-order chi connectivity index (χ0) is 14.7. The number of nitrogens with zero attached hydrogens (tertiary/aromatic N) is 1. The van der Waals surface area contributed by atoms with Gasteiger partial charge in [-0.1, -0.05) is 13.0 Å². The molecule has 1 aromatic heterocycles. The Hall–Kier alpha value is -1.94. The first-order valence-corrected chi connectivity index (χ1v) is 7.50. The molecule has 1 aromatic carbocycles. The summed E-state index contributed by atoms with van der Waals surface area (Å²) >= 11 is 0. The average molecular weight is 283 g/mol. The maximum Gasteiger partial charge on any atom is 0.251 e. The second-order valence-corrected chi connectivity index (χ2v) is 6.18. The first kappa shape index (κ1) is 14.0. The molecule has 2 aromatic rings. The number of fused-ring (bicyclic) bond motifs is 1. The first-order valence-electron chi connectivity index (χ1n) is 7.50. The molecule has 1 aliphatic heterocycles. The molecule has 1 aliphatic rings. The molecule has 2 heterocycles. The number of amides is 1. The largest absolute Gasteiger partial charge is 0.351 e. The van der Waals surface area contributed by atoms with E-state index in [0.717, 1.165) is 30.4 Å². The predicted molar refractivity (Wildman–Crippen MR) is 84.3 cm³/mol. The Labute approximate surface area is 125 Å². The van der Waals surface area contributed by atoms with Crippen LogP contribution in [-0.4, -0.2) is 30.5 Å². The van der Waals surface area contributed by atoms with E-state index in [-0.39, 0.29) is 11.3 Å². The molecular formula is C17H21N3O. The third kappa shape index (κ3) is 3.22. The monoisotopic (exact) mass is 283 g/mol. The highest BCUT2D eigenvalue weighted by atomic mass is 16.1. The summed E-state index contributed by atoms with van der Waals surface area (Å²) in [5, 5.41) is 7.47. The minimum atomic E-state index is -0.00690. The van der Waals surface area contributed by atoms with Gasteiger partial charge in [-0.25, -0.2) is 0 Å². The second-order valence-electron chi connectivity index (χ2n) is 6.18. The van der Waals surface area contributed by atoms with Crippen LogP contribution >= 0.6 is 0 Å². The number of pyridine rings is 1. The quantitative estimate of drug-likeness (QED) is 0.909. The number of aromatic nitrogens is 1. The molecule has 2 N–H and O–H groups in total. The molecule has 4 nitrogen and oxygen atoms in total. The number of hydrogen-bond donors (Lipinski definition) is 2. The highest BCUT2D eigenvalue weighted by Crippen LogP contribution is 2.24. The van der Waals surface area contributed by atoms with E-state index in [1.54, 1.807) is 6.20 Å². The maximum atomic E-state index is 12.3. The number of benzene rings is 1. The average Bonchev–Trinajstić information content (AvgIpc) is 2.53. The summed E-state index contributed by atoms with van der Waals surface area (Å²) in [6.07, 6.45) is 4.09. The maximum absolute atomic E-state index is 12.3. The van der Waals surface area contributed by atoms with Crippen molar-refractivity contribution in [3.63, 3.8) is 0 Å². The molecule has 0 saturated carbocycles. The fourth-order valence-corrected chi connectivity index (χ4v) is 2.88. The third-order valence-corrected chi connectivity index (χ3v) is 4.23. The lowest BCUT2D eigenvalue weighted by molar-refractivity contribution is 0.0925. The van der Waals surface area contributed by atoms with Crippen molar-refractivity contribution in [1.29, 1.82) is 0 Å². The van der Waals surface area contributed by atoms with Gasteiger partial charge < -0.3 is 10.6 Å². The molecule has 1 fully saturated rings. The number of carbonyl (C=O) groups is 1. The molecule has 0 spiro atoms. The predicted octanol–water partition coefficient (Wildman–Crippen LogP) is 2.35. The summed E-state index contributed by atoms with van der Waals surface area (Å²) in [4.78, 5) is 16.6. The Morgan fingerprint density at radius 3 is 3.14 bits per heavy atom. The van der Waals surface area contributed by atoms with Crippen LogP contribution < -0.4 is 10.6 Å². The summed E-state index contributed by atoms with van der Waals surface area (Å²) < 4.78 is 0. The van der Waals surface area contributed by atoms with Crippen LogP contribution in [0.4, 0.5) is 0 Å². The van der Waals surface area contributed by atoms with E-state index in [0.29, 0.717) is 12.1 Å². The van der Waals surface area contributed by atoms with Crippen LogP contribution in [0.25, 0.3) is 10.9 Å². The molecular weight excluding hydrogens is 262 g/mol. The van der Waals surface area contributed by atoms with Gasteiger partial charge in [0.2, 0.25) is 0 Å². The van der Waals surface area contributed by atoms with Gasteiger partial charge in [-0.3, -0.25) is 9.78 Å². The summed E-state index contributed by atoms with van der Waals surface area (Å²) in [5.74, 6) is -0.00690. The molecule has 110 valence electrons.